The van der Waals surface area contributed by atoms with Crippen molar-refractivity contribution in [2.45, 2.75) is 31.7 Å². The monoisotopic (exact) mass is 261 g/mol. The summed E-state index contributed by atoms with van der Waals surface area (Å²) < 4.78 is 14.9. The highest BCUT2D eigenvalue weighted by molar-refractivity contribution is 5.20. The summed E-state index contributed by atoms with van der Waals surface area (Å²) >= 11 is 0. The van der Waals surface area contributed by atoms with E-state index < -0.39 is 0 Å². The summed E-state index contributed by atoms with van der Waals surface area (Å²) in [6.07, 6.45) is 3.52. The first-order chi connectivity index (χ1) is 9.28. The Morgan fingerprint density at radius 1 is 1.26 bits per heavy atom. The largest absolute Gasteiger partial charge is 0.394 e. The number of aromatic nitrogens is 3. The predicted octanol–water partition coefficient (Wildman–Crippen LogP) is 1.88. The lowest BCUT2D eigenvalue weighted by Crippen LogP contribution is -2.23. The van der Waals surface area contributed by atoms with Gasteiger partial charge in [-0.05, 0) is 30.5 Å². The Morgan fingerprint density at radius 2 is 2.05 bits per heavy atom. The second-order valence-electron chi connectivity index (χ2n) is 4.93. The van der Waals surface area contributed by atoms with Crippen LogP contribution in [-0.4, -0.2) is 26.5 Å². The molecule has 100 valence electrons. The van der Waals surface area contributed by atoms with Crippen LogP contribution in [0.3, 0.4) is 0 Å². The molecule has 0 radical (unpaired) electrons. The first kappa shape index (κ1) is 12.3. The van der Waals surface area contributed by atoms with Gasteiger partial charge >= 0.3 is 0 Å². The second kappa shape index (κ2) is 5.09. The molecule has 0 spiro atoms. The van der Waals surface area contributed by atoms with E-state index in [9.17, 15) is 9.50 Å². The van der Waals surface area contributed by atoms with E-state index in [0.717, 1.165) is 36.5 Å². The minimum Gasteiger partial charge on any atom is -0.394 e. The third kappa shape index (κ3) is 2.38. The molecule has 2 heterocycles. The van der Waals surface area contributed by atoms with E-state index in [-0.39, 0.29) is 18.5 Å². The highest BCUT2D eigenvalue weighted by atomic mass is 19.1. The fourth-order valence-electron chi connectivity index (χ4n) is 2.66. The standard InChI is InChI=1S/C14H16FN3O/c15-11-6-4-10(5-7-11)8-14-17-16-13-3-1-2-12(9-19)18(13)14/h4-7,12,19H,1-3,8-9H2. The lowest BCUT2D eigenvalue weighted by atomic mass is 10.0. The average Bonchev–Trinajstić information content (AvgIpc) is 2.85. The summed E-state index contributed by atoms with van der Waals surface area (Å²) in [4.78, 5) is 0. The molecule has 5 heteroatoms. The molecule has 0 aliphatic carbocycles. The maximum atomic E-state index is 12.9. The average molecular weight is 261 g/mol. The highest BCUT2D eigenvalue weighted by Gasteiger charge is 2.23. The molecule has 2 aromatic rings. The molecule has 1 aliphatic rings. The van der Waals surface area contributed by atoms with Gasteiger partial charge < -0.3 is 9.67 Å². The molecule has 3 rings (SSSR count). The van der Waals surface area contributed by atoms with E-state index in [0.29, 0.717) is 6.42 Å². The van der Waals surface area contributed by atoms with Crippen molar-refractivity contribution < 1.29 is 9.50 Å². The maximum absolute atomic E-state index is 12.9. The lowest BCUT2D eigenvalue weighted by Gasteiger charge is -2.24. The molecule has 1 N–H and O–H groups in total. The van der Waals surface area contributed by atoms with Crippen LogP contribution in [0.15, 0.2) is 24.3 Å². The van der Waals surface area contributed by atoms with Crippen molar-refractivity contribution >= 4 is 0 Å². The van der Waals surface area contributed by atoms with Gasteiger partial charge in [-0.25, -0.2) is 4.39 Å². The number of halogens is 1. The number of hydrogen-bond acceptors (Lipinski definition) is 3. The van der Waals surface area contributed by atoms with Gasteiger partial charge in [-0.2, -0.15) is 0 Å². The maximum Gasteiger partial charge on any atom is 0.137 e. The number of nitrogens with zero attached hydrogens (tertiary/aromatic N) is 3. The summed E-state index contributed by atoms with van der Waals surface area (Å²) in [5, 5.41) is 17.9. The number of aliphatic hydroxyl groups is 1. The van der Waals surface area contributed by atoms with E-state index >= 15 is 0 Å². The highest BCUT2D eigenvalue weighted by Crippen LogP contribution is 2.25. The number of aliphatic hydroxyl groups excluding tert-OH is 1. The summed E-state index contributed by atoms with van der Waals surface area (Å²) in [5.41, 5.74) is 0.999. The van der Waals surface area contributed by atoms with Crippen LogP contribution in [0, 0.1) is 5.82 Å². The topological polar surface area (TPSA) is 50.9 Å². The zero-order valence-corrected chi connectivity index (χ0v) is 10.6. The van der Waals surface area contributed by atoms with Crippen molar-refractivity contribution in [2.75, 3.05) is 6.61 Å². The number of aryl methyl sites for hydroxylation is 1. The van der Waals surface area contributed by atoms with Crippen LogP contribution in [0.2, 0.25) is 0 Å². The minimum atomic E-state index is -0.236. The molecule has 0 amide bonds. The molecule has 0 saturated heterocycles. The lowest BCUT2D eigenvalue weighted by molar-refractivity contribution is 0.203. The molecule has 1 aliphatic heterocycles. The molecule has 1 atom stereocenters. The fourth-order valence-corrected chi connectivity index (χ4v) is 2.66. The smallest absolute Gasteiger partial charge is 0.137 e. The van der Waals surface area contributed by atoms with Crippen molar-refractivity contribution in [3.63, 3.8) is 0 Å². The zero-order chi connectivity index (χ0) is 13.2. The molecular weight excluding hydrogens is 245 g/mol. The van der Waals surface area contributed by atoms with Crippen LogP contribution in [0.5, 0.6) is 0 Å². The third-order valence-electron chi connectivity index (χ3n) is 3.63. The van der Waals surface area contributed by atoms with Gasteiger partial charge in [0.05, 0.1) is 12.6 Å². The quantitative estimate of drug-likeness (QED) is 0.917. The molecule has 1 unspecified atom stereocenters. The van der Waals surface area contributed by atoms with Crippen molar-refractivity contribution in [3.05, 3.63) is 47.3 Å². The Kier molecular flexibility index (Phi) is 3.29. The Morgan fingerprint density at radius 3 is 2.79 bits per heavy atom. The molecule has 0 bridgehead atoms. The normalized spacial score (nSPS) is 18.3. The van der Waals surface area contributed by atoms with E-state index in [1.54, 1.807) is 12.1 Å². The molecule has 1 aromatic heterocycles. The van der Waals surface area contributed by atoms with Gasteiger partial charge in [0.15, 0.2) is 0 Å². The van der Waals surface area contributed by atoms with E-state index in [1.165, 1.54) is 12.1 Å². The third-order valence-corrected chi connectivity index (χ3v) is 3.63. The number of benzene rings is 1. The van der Waals surface area contributed by atoms with Crippen molar-refractivity contribution in [3.8, 4) is 0 Å². The first-order valence-electron chi connectivity index (χ1n) is 6.56. The Labute approximate surface area is 110 Å². The number of hydrogen-bond donors (Lipinski definition) is 1. The number of fused-ring (bicyclic) bond motifs is 1. The van der Waals surface area contributed by atoms with Crippen LogP contribution >= 0.6 is 0 Å². The molecule has 19 heavy (non-hydrogen) atoms. The van der Waals surface area contributed by atoms with Gasteiger partial charge in [-0.3, -0.25) is 0 Å². The van der Waals surface area contributed by atoms with Gasteiger partial charge in [-0.15, -0.1) is 10.2 Å². The Bertz CT molecular complexity index is 565. The van der Waals surface area contributed by atoms with Crippen LogP contribution in [0.1, 0.15) is 36.1 Å². The van der Waals surface area contributed by atoms with Gasteiger partial charge in [0.25, 0.3) is 0 Å². The zero-order valence-electron chi connectivity index (χ0n) is 10.6. The van der Waals surface area contributed by atoms with Gasteiger partial charge in [-0.1, -0.05) is 12.1 Å². The van der Waals surface area contributed by atoms with E-state index in [2.05, 4.69) is 10.2 Å². The van der Waals surface area contributed by atoms with Crippen molar-refractivity contribution in [1.82, 2.24) is 14.8 Å². The SMILES string of the molecule is OCC1CCCc2nnc(Cc3ccc(F)cc3)n21. The van der Waals surface area contributed by atoms with Gasteiger partial charge in [0.2, 0.25) is 0 Å². The van der Waals surface area contributed by atoms with Crippen LogP contribution in [-0.2, 0) is 12.8 Å². The van der Waals surface area contributed by atoms with Crippen LogP contribution in [0.4, 0.5) is 4.39 Å². The molecule has 0 saturated carbocycles. The summed E-state index contributed by atoms with van der Waals surface area (Å²) in [6, 6.07) is 6.49. The summed E-state index contributed by atoms with van der Waals surface area (Å²) in [6.45, 7) is 0.113. The summed E-state index contributed by atoms with van der Waals surface area (Å²) in [5.74, 6) is 1.56. The molecule has 0 fully saturated rings. The van der Waals surface area contributed by atoms with Crippen molar-refractivity contribution in [2.24, 2.45) is 0 Å². The minimum absolute atomic E-state index is 0.0780. The molecular formula is C14H16FN3O. The van der Waals surface area contributed by atoms with E-state index in [1.807, 2.05) is 4.57 Å². The van der Waals surface area contributed by atoms with Gasteiger partial charge in [0, 0.05) is 12.8 Å². The van der Waals surface area contributed by atoms with E-state index in [4.69, 9.17) is 0 Å². The first-order valence-corrected chi connectivity index (χ1v) is 6.56. The fraction of sp³-hybridized carbons (Fsp3) is 0.429. The van der Waals surface area contributed by atoms with Crippen LogP contribution < -0.4 is 0 Å². The van der Waals surface area contributed by atoms with Crippen LogP contribution in [0.25, 0.3) is 0 Å². The predicted molar refractivity (Wildman–Crippen MR) is 68.3 cm³/mol. The van der Waals surface area contributed by atoms with Crippen molar-refractivity contribution in [1.29, 1.82) is 0 Å². The Balaban J connectivity index is 1.89. The van der Waals surface area contributed by atoms with Gasteiger partial charge in [0.1, 0.15) is 17.5 Å². The number of rotatable bonds is 3. The molecule has 4 nitrogen and oxygen atoms in total. The summed E-state index contributed by atoms with van der Waals surface area (Å²) in [7, 11) is 0. The molecule has 1 aromatic carbocycles. The second-order valence-corrected chi connectivity index (χ2v) is 4.93. The Hall–Kier alpha value is -1.75.